The molecule has 0 spiro atoms. The monoisotopic (exact) mass is 274 g/mol. The second kappa shape index (κ2) is 4.81. The van der Waals surface area contributed by atoms with Crippen molar-refractivity contribution >= 4 is 17.6 Å². The zero-order chi connectivity index (χ0) is 14.3. The van der Waals surface area contributed by atoms with Crippen LogP contribution in [0.1, 0.15) is 22.8 Å². The molecule has 20 heavy (non-hydrogen) atoms. The van der Waals surface area contributed by atoms with E-state index in [2.05, 4.69) is 5.32 Å². The second-order valence-electron chi connectivity index (χ2n) is 5.68. The van der Waals surface area contributed by atoms with Crippen LogP contribution >= 0.6 is 0 Å². The van der Waals surface area contributed by atoms with Crippen molar-refractivity contribution in [3.63, 3.8) is 0 Å². The van der Waals surface area contributed by atoms with Crippen molar-refractivity contribution in [3.8, 4) is 0 Å². The van der Waals surface area contributed by atoms with E-state index < -0.39 is 11.9 Å². The third-order valence-electron chi connectivity index (χ3n) is 4.28. The molecule has 2 heterocycles. The fourth-order valence-corrected chi connectivity index (χ4v) is 3.07. The highest BCUT2D eigenvalue weighted by Crippen LogP contribution is 2.27. The average molecular weight is 274 g/mol. The van der Waals surface area contributed by atoms with Crippen LogP contribution in [0.4, 0.5) is 5.69 Å². The van der Waals surface area contributed by atoms with Crippen LogP contribution in [-0.4, -0.2) is 41.5 Å². The highest BCUT2D eigenvalue weighted by atomic mass is 16.4. The van der Waals surface area contributed by atoms with Gasteiger partial charge in [-0.15, -0.1) is 0 Å². The molecule has 2 aliphatic heterocycles. The molecule has 2 atom stereocenters. The molecule has 2 unspecified atom stereocenters. The number of rotatable bonds is 2. The third kappa shape index (κ3) is 2.13. The number of aliphatic carboxylic acids is 1. The Morgan fingerprint density at radius 3 is 2.85 bits per heavy atom. The number of nitrogens with one attached hydrogen (secondary N) is 1. The average Bonchev–Trinajstić information content (AvgIpc) is 3.02. The van der Waals surface area contributed by atoms with Gasteiger partial charge >= 0.3 is 5.97 Å². The fraction of sp³-hybridized carbons (Fsp3) is 0.467. The first-order valence-electron chi connectivity index (χ1n) is 6.95. The van der Waals surface area contributed by atoms with Gasteiger partial charge in [0.2, 0.25) is 0 Å². The number of carbonyl (C=O) groups excluding carboxylic acids is 1. The standard InChI is InChI=1S/C15H18N2O3/c1-9-7-17(8-12(9)15(19)20)14(18)11-2-3-13-10(6-11)4-5-16-13/h2-3,6,9,12,16H,4-5,7-8H2,1H3,(H,19,20). The summed E-state index contributed by atoms with van der Waals surface area (Å²) < 4.78 is 0. The van der Waals surface area contributed by atoms with Crippen molar-refractivity contribution in [1.82, 2.24) is 4.90 Å². The third-order valence-corrected chi connectivity index (χ3v) is 4.28. The molecule has 0 radical (unpaired) electrons. The number of carboxylic acid groups (broad SMARTS) is 1. The maximum absolute atomic E-state index is 12.5. The molecule has 106 valence electrons. The molecule has 2 aliphatic rings. The number of likely N-dealkylation sites (tertiary alicyclic amines) is 1. The summed E-state index contributed by atoms with van der Waals surface area (Å²) in [6, 6.07) is 5.68. The topological polar surface area (TPSA) is 69.6 Å². The van der Waals surface area contributed by atoms with E-state index in [4.69, 9.17) is 5.11 Å². The summed E-state index contributed by atoms with van der Waals surface area (Å²) >= 11 is 0. The van der Waals surface area contributed by atoms with Crippen LogP contribution in [0.25, 0.3) is 0 Å². The van der Waals surface area contributed by atoms with Crippen LogP contribution in [0.2, 0.25) is 0 Å². The summed E-state index contributed by atoms with van der Waals surface area (Å²) in [7, 11) is 0. The minimum Gasteiger partial charge on any atom is -0.481 e. The van der Waals surface area contributed by atoms with Crippen molar-refractivity contribution in [1.29, 1.82) is 0 Å². The van der Waals surface area contributed by atoms with Gasteiger partial charge in [0.05, 0.1) is 5.92 Å². The molecule has 0 saturated carbocycles. The predicted molar refractivity (Wildman–Crippen MR) is 74.8 cm³/mol. The summed E-state index contributed by atoms with van der Waals surface area (Å²) in [5.74, 6) is -1.32. The Morgan fingerprint density at radius 1 is 1.35 bits per heavy atom. The lowest BCUT2D eigenvalue weighted by Crippen LogP contribution is -2.30. The lowest BCUT2D eigenvalue weighted by molar-refractivity contribution is -0.142. The van der Waals surface area contributed by atoms with E-state index in [1.165, 1.54) is 0 Å². The number of anilines is 1. The summed E-state index contributed by atoms with van der Waals surface area (Å²) in [5.41, 5.74) is 2.92. The first kappa shape index (κ1) is 13.0. The van der Waals surface area contributed by atoms with Crippen molar-refractivity contribution in [3.05, 3.63) is 29.3 Å². The lowest BCUT2D eigenvalue weighted by atomic mass is 9.99. The van der Waals surface area contributed by atoms with Crippen molar-refractivity contribution < 1.29 is 14.7 Å². The molecule has 1 saturated heterocycles. The molecular weight excluding hydrogens is 256 g/mol. The smallest absolute Gasteiger partial charge is 0.308 e. The number of carboxylic acids is 1. The van der Waals surface area contributed by atoms with Crippen LogP contribution in [-0.2, 0) is 11.2 Å². The molecule has 0 aromatic heterocycles. The second-order valence-corrected chi connectivity index (χ2v) is 5.68. The van der Waals surface area contributed by atoms with E-state index in [1.54, 1.807) is 4.90 Å². The number of amides is 1. The van der Waals surface area contributed by atoms with E-state index >= 15 is 0 Å². The summed E-state index contributed by atoms with van der Waals surface area (Å²) in [5, 5.41) is 12.4. The fourth-order valence-electron chi connectivity index (χ4n) is 3.07. The highest BCUT2D eigenvalue weighted by Gasteiger charge is 2.37. The van der Waals surface area contributed by atoms with Gasteiger partial charge < -0.3 is 15.3 Å². The Bertz CT molecular complexity index is 570. The first-order chi connectivity index (χ1) is 9.56. The molecule has 0 bridgehead atoms. The van der Waals surface area contributed by atoms with Crippen LogP contribution in [0.5, 0.6) is 0 Å². The maximum atomic E-state index is 12.5. The van der Waals surface area contributed by atoms with Gasteiger partial charge in [0.15, 0.2) is 0 Å². The predicted octanol–water partition coefficient (Wildman–Crippen LogP) is 1.45. The van der Waals surface area contributed by atoms with E-state index in [-0.39, 0.29) is 11.8 Å². The number of hydrogen-bond donors (Lipinski definition) is 2. The normalized spacial score (nSPS) is 24.4. The molecule has 1 aromatic carbocycles. The van der Waals surface area contributed by atoms with Crippen molar-refractivity contribution in [2.24, 2.45) is 11.8 Å². The van der Waals surface area contributed by atoms with E-state index in [0.29, 0.717) is 18.7 Å². The van der Waals surface area contributed by atoms with E-state index in [1.807, 2.05) is 25.1 Å². The Morgan fingerprint density at radius 2 is 2.15 bits per heavy atom. The SMILES string of the molecule is CC1CN(C(=O)c2ccc3c(c2)CCN3)CC1C(=O)O. The van der Waals surface area contributed by atoms with Crippen molar-refractivity contribution in [2.75, 3.05) is 25.0 Å². The van der Waals surface area contributed by atoms with Crippen LogP contribution < -0.4 is 5.32 Å². The van der Waals surface area contributed by atoms with Gasteiger partial charge in [0.25, 0.3) is 5.91 Å². The lowest BCUT2D eigenvalue weighted by Gasteiger charge is -2.16. The van der Waals surface area contributed by atoms with Gasteiger partial charge in [-0.05, 0) is 36.1 Å². The highest BCUT2D eigenvalue weighted by molar-refractivity contribution is 5.95. The Balaban J connectivity index is 1.78. The first-order valence-corrected chi connectivity index (χ1v) is 6.95. The minimum atomic E-state index is -0.814. The molecule has 5 heteroatoms. The quantitative estimate of drug-likeness (QED) is 0.856. The number of carbonyl (C=O) groups is 2. The van der Waals surface area contributed by atoms with Gasteiger partial charge in [-0.25, -0.2) is 0 Å². The van der Waals surface area contributed by atoms with Gasteiger partial charge in [-0.1, -0.05) is 6.92 Å². The molecular formula is C15H18N2O3. The molecule has 1 aromatic rings. The Labute approximate surface area is 117 Å². The van der Waals surface area contributed by atoms with Gasteiger partial charge in [0.1, 0.15) is 0 Å². The number of nitrogens with zero attached hydrogens (tertiary/aromatic N) is 1. The molecule has 2 N–H and O–H groups in total. The molecule has 1 fully saturated rings. The maximum Gasteiger partial charge on any atom is 0.308 e. The summed E-state index contributed by atoms with van der Waals surface area (Å²) in [6.45, 7) is 3.63. The van der Waals surface area contributed by atoms with Crippen molar-refractivity contribution in [2.45, 2.75) is 13.3 Å². The van der Waals surface area contributed by atoms with Crippen LogP contribution in [0, 0.1) is 11.8 Å². The number of benzene rings is 1. The van der Waals surface area contributed by atoms with Gasteiger partial charge in [-0.2, -0.15) is 0 Å². The van der Waals surface area contributed by atoms with E-state index in [9.17, 15) is 9.59 Å². The molecule has 3 rings (SSSR count). The van der Waals surface area contributed by atoms with Gasteiger partial charge in [0, 0.05) is 30.9 Å². The number of hydrogen-bond acceptors (Lipinski definition) is 3. The summed E-state index contributed by atoms with van der Waals surface area (Å²) in [4.78, 5) is 25.3. The minimum absolute atomic E-state index is 0.00699. The molecule has 1 amide bonds. The summed E-state index contributed by atoms with van der Waals surface area (Å²) in [6.07, 6.45) is 0.935. The van der Waals surface area contributed by atoms with Crippen LogP contribution in [0.3, 0.4) is 0 Å². The largest absolute Gasteiger partial charge is 0.481 e. The zero-order valence-electron chi connectivity index (χ0n) is 11.4. The number of fused-ring (bicyclic) bond motifs is 1. The van der Waals surface area contributed by atoms with Gasteiger partial charge in [-0.3, -0.25) is 9.59 Å². The van der Waals surface area contributed by atoms with E-state index in [0.717, 1.165) is 24.2 Å². The van der Waals surface area contributed by atoms with Crippen LogP contribution in [0.15, 0.2) is 18.2 Å². The Hall–Kier alpha value is -2.04. The molecule has 5 nitrogen and oxygen atoms in total. The zero-order valence-corrected chi connectivity index (χ0v) is 11.4. The molecule has 0 aliphatic carbocycles. The Kier molecular flexibility index (Phi) is 3.12.